The van der Waals surface area contributed by atoms with Gasteiger partial charge in [-0.15, -0.1) is 0 Å². The molecule has 21 atom stereocenters. The zero-order valence-corrected chi connectivity index (χ0v) is 50.4. The van der Waals surface area contributed by atoms with E-state index in [-0.39, 0.29) is 45.7 Å². The molecule has 0 spiro atoms. The molecule has 87 heavy (non-hydrogen) atoms. The molecular weight excluding hydrogens is 1260 g/mol. The predicted octanol–water partition coefficient (Wildman–Crippen LogP) is 0.450. The molecule has 12 rings (SSSR count). The molecule has 0 saturated carbocycles. The van der Waals surface area contributed by atoms with Gasteiger partial charge < -0.3 is 98.4 Å². The molecule has 8 aliphatic rings. The number of hydrogen-bond acceptors (Lipinski definition) is 28. The Hall–Kier alpha value is -3.25. The van der Waals surface area contributed by atoms with Gasteiger partial charge in [0.2, 0.25) is 9.23 Å². The second kappa shape index (κ2) is 33.4. The summed E-state index contributed by atoms with van der Waals surface area (Å²) in [6, 6.07) is 37.9. The summed E-state index contributed by atoms with van der Waals surface area (Å²) in [5.74, 6) is 0. The van der Waals surface area contributed by atoms with E-state index in [0.717, 1.165) is 22.3 Å². The first kappa shape index (κ1) is 71.2. The summed E-state index contributed by atoms with van der Waals surface area (Å²) >= 11 is -1.70. The van der Waals surface area contributed by atoms with Crippen LogP contribution in [0.2, 0.25) is 0 Å². The van der Waals surface area contributed by atoms with E-state index in [1.807, 2.05) is 128 Å². The summed E-state index contributed by atoms with van der Waals surface area (Å²) < 4.78 is 117. The van der Waals surface area contributed by atoms with Crippen LogP contribution in [0.25, 0.3) is 0 Å². The van der Waals surface area contributed by atoms with E-state index in [1.54, 1.807) is 6.92 Å². The zero-order chi connectivity index (χ0) is 63.1. The molecule has 0 bridgehead atoms. The van der Waals surface area contributed by atoms with Gasteiger partial charge in [-0.1, -0.05) is 121 Å². The minimum Gasteiger partial charge on any atom is -0.394 e. The van der Waals surface area contributed by atoms with Gasteiger partial charge in [-0.05, 0) is 13.8 Å². The SMILES string of the molecule is C[C@]12COS(=O)(=O)O[C@H]1COC(c1ccccc1)O2.C[C@]12CO[S@@](=O)O[C@H]1COC(c1ccccc1)O2.O=S(Cl)Cl.OC1O[C@H]2COC(c3ccccc3)O[C@@H]2C(O)C1O.OCC1O[C@@H](c2ccccc2)OC[C@@H]1O.OC[C@@H]1OC(O)C(O)C(O)[C@H]1O. The van der Waals surface area contributed by atoms with E-state index in [9.17, 15) is 33.1 Å². The third kappa shape index (κ3) is 19.9. The van der Waals surface area contributed by atoms with Gasteiger partial charge in [-0.25, -0.2) is 12.6 Å². The van der Waals surface area contributed by atoms with Crippen LogP contribution in [0.1, 0.15) is 61.3 Å². The van der Waals surface area contributed by atoms with Gasteiger partial charge in [0, 0.05) is 43.6 Å². The number of aliphatic hydroxyl groups excluding tert-OH is 10. The molecule has 33 heteroatoms. The fourth-order valence-corrected chi connectivity index (χ4v) is 10.9. The zero-order valence-electron chi connectivity index (χ0n) is 46.4. The first-order valence-corrected chi connectivity index (χ1v) is 31.9. The highest BCUT2D eigenvalue weighted by Gasteiger charge is 2.52. The number of hydrogen-bond donors (Lipinski definition) is 10. The first-order valence-electron chi connectivity index (χ1n) is 26.8. The Labute approximate surface area is 514 Å². The van der Waals surface area contributed by atoms with E-state index < -0.39 is 154 Å². The lowest BCUT2D eigenvalue weighted by molar-refractivity contribution is -0.354. The number of aliphatic hydroxyl groups is 10. The summed E-state index contributed by atoms with van der Waals surface area (Å²) in [5, 5.41) is 92.0. The van der Waals surface area contributed by atoms with Crippen LogP contribution in [0.5, 0.6) is 0 Å². The quantitative estimate of drug-likeness (QED) is 0.117. The Morgan fingerprint density at radius 1 is 0.529 bits per heavy atom. The van der Waals surface area contributed by atoms with Gasteiger partial charge in [0.15, 0.2) is 37.7 Å². The standard InChI is InChI=1S/C13H16O6.C12H14O6S.C12H14O5S.C11H14O4.C6H12O6.Cl2OS/c14-9-10(15)12(16)18-8-6-17-13(19-11(8)9)7-4-2-1-3-5-7;1-12-8-16-19(13,14)18-10(12)7-15-11(17-12)9-5-3-2-4-6-9;1-12-8-15-18(13)17-10(12)7-14-11(16-12)9-5-3-2-4-6-9;12-6-10-9(13)7-14-11(15-10)8-4-2-1-3-5-8;7-1-2-3(8)4(9)5(10)6(11)12-2;1-4(2)3/h1-5,8-16H,6H2;2-6,10-11H,7-8H2,1H3;2-6,10-11H,7-8H2,1H3;1-5,9-13H,6-7H2;2-11H,1H2;/t8-,9?,10?,11-,12?,13?;10-,11?,12-;10-,11?,12-,18+;9-,10?,11-;2-,3-,4?,5?,6?;/m00000./s1. The fraction of sp³-hybridized carbons (Fsp3) is 0.556. The van der Waals surface area contributed by atoms with E-state index in [0.29, 0.717) is 6.61 Å². The number of rotatable bonds is 6. The van der Waals surface area contributed by atoms with Crippen LogP contribution in [-0.4, -0.2) is 218 Å². The molecule has 4 aromatic rings. The Balaban J connectivity index is 0.000000154. The number of fused-ring (bicyclic) bond motifs is 3. The highest BCUT2D eigenvalue weighted by atomic mass is 36.0. The molecule has 0 aromatic heterocycles. The minimum absolute atomic E-state index is 0.0767. The van der Waals surface area contributed by atoms with Crippen LogP contribution in [-0.2, 0) is 95.1 Å². The Morgan fingerprint density at radius 3 is 1.46 bits per heavy atom. The molecule has 10 unspecified atom stereocenters. The minimum atomic E-state index is -3.93. The molecule has 0 aliphatic carbocycles. The van der Waals surface area contributed by atoms with Crippen LogP contribution in [0, 0.1) is 0 Å². The molecule has 10 N–H and O–H groups in total. The van der Waals surface area contributed by atoms with Crippen molar-refractivity contribution in [3.05, 3.63) is 144 Å². The van der Waals surface area contributed by atoms with E-state index in [2.05, 4.69) is 26.1 Å². The molecular formula is C54H70Cl2O28S3. The smallest absolute Gasteiger partial charge is 0.394 e. The van der Waals surface area contributed by atoms with Crippen molar-refractivity contribution in [3.63, 3.8) is 0 Å². The Kier molecular flexibility index (Phi) is 27.3. The summed E-state index contributed by atoms with van der Waals surface area (Å²) in [4.78, 5) is 0. The van der Waals surface area contributed by atoms with Crippen molar-refractivity contribution < 1.29 is 132 Å². The van der Waals surface area contributed by atoms with Crippen molar-refractivity contribution in [1.82, 2.24) is 0 Å². The monoisotopic (exact) mass is 1330 g/mol. The summed E-state index contributed by atoms with van der Waals surface area (Å²) in [6.45, 7) is 3.91. The fourth-order valence-electron chi connectivity index (χ4n) is 9.10. The number of ether oxygens (including phenoxy) is 10. The molecule has 4 aromatic carbocycles. The Bertz CT molecular complexity index is 2830. The van der Waals surface area contributed by atoms with E-state index in [1.165, 1.54) is 0 Å². The molecule has 486 valence electrons. The van der Waals surface area contributed by atoms with Crippen molar-refractivity contribution in [1.29, 1.82) is 0 Å². The number of benzene rings is 4. The molecule has 28 nitrogen and oxygen atoms in total. The van der Waals surface area contributed by atoms with Crippen molar-refractivity contribution in [3.8, 4) is 0 Å². The first-order chi connectivity index (χ1) is 41.4. The number of halogens is 2. The highest BCUT2D eigenvalue weighted by Crippen LogP contribution is 2.40. The molecule has 8 saturated heterocycles. The molecule has 8 aliphatic heterocycles. The topological polar surface area (TPSA) is 400 Å². The van der Waals surface area contributed by atoms with Crippen molar-refractivity contribution in [2.75, 3.05) is 52.9 Å². The van der Waals surface area contributed by atoms with Crippen LogP contribution in [0.3, 0.4) is 0 Å². The van der Waals surface area contributed by atoms with Crippen LogP contribution in [0.15, 0.2) is 121 Å². The normalized spacial score (nSPS) is 38.4. The lowest BCUT2D eigenvalue weighted by Gasteiger charge is -2.45. The maximum Gasteiger partial charge on any atom is 0.400 e. The largest absolute Gasteiger partial charge is 0.400 e. The second-order valence-corrected chi connectivity index (χ2v) is 25.1. The van der Waals surface area contributed by atoms with Gasteiger partial charge in [0.05, 0.1) is 46.2 Å². The van der Waals surface area contributed by atoms with E-state index in [4.69, 9.17) is 94.2 Å². The lowest BCUT2D eigenvalue weighted by atomic mass is 9.98. The Morgan fingerprint density at radius 2 is 0.954 bits per heavy atom. The molecule has 0 amide bonds. The average Bonchev–Trinajstić information content (AvgIpc) is 2.65. The lowest BCUT2D eigenvalue weighted by Crippen LogP contribution is -2.61. The van der Waals surface area contributed by atoms with Crippen LogP contribution >= 0.6 is 21.4 Å². The molecule has 8 heterocycles. The maximum absolute atomic E-state index is 11.2. The highest BCUT2D eigenvalue weighted by molar-refractivity contribution is 8.26. The van der Waals surface area contributed by atoms with E-state index >= 15 is 0 Å². The van der Waals surface area contributed by atoms with Crippen LogP contribution in [0.4, 0.5) is 0 Å². The van der Waals surface area contributed by atoms with Gasteiger partial charge in [0.25, 0.3) is 0 Å². The van der Waals surface area contributed by atoms with Crippen molar-refractivity contribution in [2.24, 2.45) is 0 Å². The summed E-state index contributed by atoms with van der Waals surface area (Å²) in [6.07, 6.45) is -16.8. The predicted molar refractivity (Wildman–Crippen MR) is 300 cm³/mol. The van der Waals surface area contributed by atoms with Gasteiger partial charge >= 0.3 is 21.8 Å². The van der Waals surface area contributed by atoms with Crippen molar-refractivity contribution in [2.45, 2.75) is 136 Å². The summed E-state index contributed by atoms with van der Waals surface area (Å²) in [7, 11) is 3.42. The third-order valence-electron chi connectivity index (χ3n) is 14.1. The van der Waals surface area contributed by atoms with Gasteiger partial charge in [0.1, 0.15) is 91.1 Å². The van der Waals surface area contributed by atoms with Crippen LogP contribution < -0.4 is 0 Å². The van der Waals surface area contributed by atoms with Gasteiger partial charge in [-0.3, -0.25) is 8.37 Å². The average molecular weight is 1330 g/mol. The maximum atomic E-state index is 11.2. The second-order valence-electron chi connectivity index (χ2n) is 20.4. The van der Waals surface area contributed by atoms with Crippen molar-refractivity contribution >= 4 is 52.4 Å². The van der Waals surface area contributed by atoms with Gasteiger partial charge in [-0.2, -0.15) is 12.6 Å². The summed E-state index contributed by atoms with van der Waals surface area (Å²) in [5.41, 5.74) is 2.06. The third-order valence-corrected chi connectivity index (χ3v) is 15.7. The molecule has 0 radical (unpaired) electrons. The molecule has 8 fully saturated rings.